The molecule has 0 fully saturated rings. The topological polar surface area (TPSA) is 129 Å². The molecule has 0 amide bonds. The quantitative estimate of drug-likeness (QED) is 0.123. The second kappa shape index (κ2) is 17.0. The highest BCUT2D eigenvalue weighted by molar-refractivity contribution is 5.93. The zero-order chi connectivity index (χ0) is 36.2. The second-order valence-electron chi connectivity index (χ2n) is 11.2. The van der Waals surface area contributed by atoms with Gasteiger partial charge in [-0.3, -0.25) is 0 Å². The molecule has 2 heterocycles. The van der Waals surface area contributed by atoms with Crippen LogP contribution in [0.25, 0.3) is 0 Å². The maximum atomic E-state index is 13.0. The van der Waals surface area contributed by atoms with Crippen LogP contribution in [0, 0.1) is 23.0 Å². The van der Waals surface area contributed by atoms with Crippen molar-refractivity contribution in [3.05, 3.63) is 167 Å². The molecule has 3 N–H and O–H groups in total. The molecule has 0 bridgehead atoms. The van der Waals surface area contributed by atoms with Crippen LogP contribution in [-0.2, 0) is 12.8 Å². The van der Waals surface area contributed by atoms with Gasteiger partial charge in [-0.2, -0.15) is 5.26 Å². The van der Waals surface area contributed by atoms with Crippen molar-refractivity contribution >= 4 is 28.7 Å². The summed E-state index contributed by atoms with van der Waals surface area (Å²) in [5, 5.41) is 24.9. The van der Waals surface area contributed by atoms with E-state index in [1.54, 1.807) is 75.0 Å². The Bertz CT molecular complexity index is 2120. The molecule has 9 nitrogen and oxygen atoms in total. The largest absolute Gasteiger partial charge is 0.497 e. The number of aromatic nitrogens is 2. The van der Waals surface area contributed by atoms with E-state index in [-0.39, 0.29) is 17.3 Å². The van der Waals surface area contributed by atoms with Gasteiger partial charge in [0.05, 0.1) is 25.6 Å². The number of nitrogens with zero attached hydrogens (tertiary/aromatic N) is 3. The molecule has 256 valence electrons. The summed E-state index contributed by atoms with van der Waals surface area (Å²) < 4.78 is 36.3. The van der Waals surface area contributed by atoms with Gasteiger partial charge in [0.25, 0.3) is 0 Å². The first-order valence-corrected chi connectivity index (χ1v) is 15.6. The Labute approximate surface area is 293 Å². The van der Waals surface area contributed by atoms with E-state index in [1.165, 1.54) is 30.5 Å². The summed E-state index contributed by atoms with van der Waals surface area (Å²) in [6, 6.07) is 32.8. The lowest BCUT2D eigenvalue weighted by atomic mass is 10.1. The molecular weight excluding hydrogens is 652 g/mol. The van der Waals surface area contributed by atoms with E-state index in [9.17, 15) is 23.9 Å². The van der Waals surface area contributed by atoms with Crippen molar-refractivity contribution in [1.29, 1.82) is 5.26 Å². The van der Waals surface area contributed by atoms with Crippen LogP contribution in [-0.4, -0.2) is 35.3 Å². The summed E-state index contributed by atoms with van der Waals surface area (Å²) in [5.74, 6) is -0.209. The molecule has 2 aromatic heterocycles. The van der Waals surface area contributed by atoms with Crippen LogP contribution in [0.4, 0.5) is 31.5 Å². The smallest absolute Gasteiger partial charge is 0.356 e. The summed E-state index contributed by atoms with van der Waals surface area (Å²) in [5.41, 5.74) is 6.46. The van der Waals surface area contributed by atoms with Crippen LogP contribution in [0.2, 0.25) is 0 Å². The van der Waals surface area contributed by atoms with Crippen molar-refractivity contribution in [2.45, 2.75) is 12.8 Å². The molecule has 0 radical (unpaired) electrons. The van der Waals surface area contributed by atoms with Crippen molar-refractivity contribution in [1.82, 2.24) is 9.97 Å². The van der Waals surface area contributed by atoms with Gasteiger partial charge in [-0.15, -0.1) is 0 Å². The Kier molecular flexibility index (Phi) is 11.9. The van der Waals surface area contributed by atoms with Gasteiger partial charge in [-0.1, -0.05) is 24.3 Å². The van der Waals surface area contributed by atoms with E-state index < -0.39 is 5.97 Å². The Morgan fingerprint density at radius 1 is 0.667 bits per heavy atom. The van der Waals surface area contributed by atoms with E-state index in [4.69, 9.17) is 9.47 Å². The number of pyridine rings is 2. The van der Waals surface area contributed by atoms with E-state index >= 15 is 0 Å². The van der Waals surface area contributed by atoms with Crippen molar-refractivity contribution in [2.24, 2.45) is 0 Å². The van der Waals surface area contributed by atoms with Crippen molar-refractivity contribution < 1.29 is 28.2 Å². The fraction of sp³-hybridized carbons (Fsp3) is 0.100. The summed E-state index contributed by atoms with van der Waals surface area (Å²) >= 11 is 0. The van der Waals surface area contributed by atoms with E-state index in [0.29, 0.717) is 41.3 Å². The third-order valence-corrected chi connectivity index (χ3v) is 7.58. The first kappa shape index (κ1) is 35.5. The molecule has 4 aromatic carbocycles. The van der Waals surface area contributed by atoms with E-state index in [0.717, 1.165) is 33.7 Å². The summed E-state index contributed by atoms with van der Waals surface area (Å²) in [7, 11) is 3.19. The van der Waals surface area contributed by atoms with Gasteiger partial charge in [0.15, 0.2) is 11.4 Å². The highest BCUT2D eigenvalue weighted by Gasteiger charge is 2.14. The zero-order valence-corrected chi connectivity index (χ0v) is 27.7. The van der Waals surface area contributed by atoms with Crippen LogP contribution >= 0.6 is 0 Å². The number of nitriles is 1. The minimum absolute atomic E-state index is 0.0660. The van der Waals surface area contributed by atoms with Crippen molar-refractivity contribution in [2.75, 3.05) is 24.9 Å². The fourth-order valence-electron chi connectivity index (χ4n) is 5.00. The number of anilines is 4. The number of hydrogen-bond acceptors (Lipinski definition) is 8. The minimum atomic E-state index is -1.12. The lowest BCUT2D eigenvalue weighted by Crippen LogP contribution is -2.07. The molecule has 0 saturated carbocycles. The maximum absolute atomic E-state index is 13.0. The highest BCUT2D eigenvalue weighted by atomic mass is 19.1. The predicted molar refractivity (Wildman–Crippen MR) is 191 cm³/mol. The predicted octanol–water partition coefficient (Wildman–Crippen LogP) is 8.70. The number of benzene rings is 4. The van der Waals surface area contributed by atoms with Gasteiger partial charge in [-0.05, 0) is 120 Å². The number of carboxylic acid groups (broad SMARTS) is 1. The molecular formula is C40H33F2N5O4. The van der Waals surface area contributed by atoms with Crippen LogP contribution in [0.15, 0.2) is 122 Å². The molecule has 0 aliphatic heterocycles. The second-order valence-corrected chi connectivity index (χ2v) is 11.2. The number of nitrogens with one attached hydrogen (secondary N) is 2. The number of carboxylic acids is 1. The Morgan fingerprint density at radius 3 is 1.53 bits per heavy atom. The SMILES string of the molecule is COc1ccc(Nc2cc(Cc3ccc(F)cc3)cnc2C#N)cc1.COc1ccc(Nc2cc(Cc3ccc(F)cc3)cnc2C(=O)O)cc1. The van der Waals surface area contributed by atoms with Crippen molar-refractivity contribution in [3.8, 4) is 17.6 Å². The molecule has 0 aliphatic rings. The molecule has 6 rings (SSSR count). The molecule has 6 aromatic rings. The Balaban J connectivity index is 0.000000198. The highest BCUT2D eigenvalue weighted by Crippen LogP contribution is 2.25. The minimum Gasteiger partial charge on any atom is -0.497 e. The van der Waals surface area contributed by atoms with E-state index in [2.05, 4.69) is 26.7 Å². The fourth-order valence-corrected chi connectivity index (χ4v) is 5.00. The van der Waals surface area contributed by atoms with Crippen LogP contribution < -0.4 is 20.1 Å². The number of ether oxygens (including phenoxy) is 2. The number of rotatable bonds is 11. The summed E-state index contributed by atoms with van der Waals surface area (Å²) in [4.78, 5) is 19.7. The molecule has 0 aliphatic carbocycles. The van der Waals surface area contributed by atoms with Gasteiger partial charge < -0.3 is 25.2 Å². The van der Waals surface area contributed by atoms with Crippen LogP contribution in [0.1, 0.15) is 38.4 Å². The Morgan fingerprint density at radius 2 is 1.10 bits per heavy atom. The van der Waals surface area contributed by atoms with E-state index in [1.807, 2.05) is 30.3 Å². The summed E-state index contributed by atoms with van der Waals surface area (Å²) in [6.07, 6.45) is 4.31. The van der Waals surface area contributed by atoms with Gasteiger partial charge in [-0.25, -0.2) is 23.5 Å². The van der Waals surface area contributed by atoms with Crippen LogP contribution in [0.3, 0.4) is 0 Å². The maximum Gasteiger partial charge on any atom is 0.356 e. The molecule has 11 heteroatoms. The average molecular weight is 686 g/mol. The summed E-state index contributed by atoms with van der Waals surface area (Å²) in [6.45, 7) is 0. The normalized spacial score (nSPS) is 10.3. The number of carbonyl (C=O) groups is 1. The Hall–Kier alpha value is -6.80. The molecule has 51 heavy (non-hydrogen) atoms. The average Bonchev–Trinajstić information content (AvgIpc) is 3.14. The molecule has 0 unspecified atom stereocenters. The zero-order valence-electron chi connectivity index (χ0n) is 27.7. The first-order valence-electron chi connectivity index (χ1n) is 15.6. The third kappa shape index (κ3) is 10.1. The lowest BCUT2D eigenvalue weighted by Gasteiger charge is -2.12. The standard InChI is InChI=1S/C20H16FN3O.C20H17FN2O3/c1-25-18-8-6-17(7-9-18)24-19-11-15(13-23-20(19)12-22)10-14-2-4-16(21)5-3-14;1-26-17-8-6-16(7-9-17)23-18-11-14(12-22-19(18)20(24)25)10-13-2-4-15(21)5-3-13/h2-9,11,13,24H,10H2,1H3;2-9,11-12,23H,10H2,1H3,(H,24,25). The molecule has 0 atom stereocenters. The third-order valence-electron chi connectivity index (χ3n) is 7.58. The molecule has 0 saturated heterocycles. The van der Waals surface area contributed by atoms with Gasteiger partial charge in [0, 0.05) is 23.8 Å². The van der Waals surface area contributed by atoms with Gasteiger partial charge >= 0.3 is 5.97 Å². The first-order chi connectivity index (χ1) is 24.7. The number of hydrogen-bond donors (Lipinski definition) is 3. The number of halogens is 2. The monoisotopic (exact) mass is 685 g/mol. The lowest BCUT2D eigenvalue weighted by molar-refractivity contribution is 0.0691. The number of methoxy groups -OCH3 is 2. The number of aromatic carboxylic acids is 1. The van der Waals surface area contributed by atoms with Gasteiger partial charge in [0.2, 0.25) is 0 Å². The van der Waals surface area contributed by atoms with Gasteiger partial charge in [0.1, 0.15) is 29.2 Å². The molecule has 0 spiro atoms. The van der Waals surface area contributed by atoms with Crippen LogP contribution in [0.5, 0.6) is 11.5 Å². The van der Waals surface area contributed by atoms with Crippen molar-refractivity contribution in [3.63, 3.8) is 0 Å².